The average Bonchev–Trinajstić information content (AvgIpc) is 3.11. The van der Waals surface area contributed by atoms with Crippen LogP contribution in [-0.2, 0) is 17.1 Å². The molecule has 0 aliphatic carbocycles. The molecule has 0 aromatic carbocycles. The first-order chi connectivity index (χ1) is 16.1. The van der Waals surface area contributed by atoms with Crippen LogP contribution >= 0.6 is 0 Å². The van der Waals surface area contributed by atoms with Gasteiger partial charge < -0.3 is 10.6 Å². The summed E-state index contributed by atoms with van der Waals surface area (Å²) in [6.07, 6.45) is 7.36. The topological polar surface area (TPSA) is 144 Å². The van der Waals surface area contributed by atoms with Crippen LogP contribution in [0.4, 0.5) is 29.0 Å². The van der Waals surface area contributed by atoms with Crippen molar-refractivity contribution >= 4 is 39.0 Å². The van der Waals surface area contributed by atoms with E-state index in [1.54, 1.807) is 35.3 Å². The van der Waals surface area contributed by atoms with Gasteiger partial charge in [0.05, 0.1) is 18.1 Å². The van der Waals surface area contributed by atoms with Gasteiger partial charge in [-0.25, -0.2) is 33.3 Å². The molecule has 0 saturated carbocycles. The summed E-state index contributed by atoms with van der Waals surface area (Å²) in [4.78, 5) is 21.2. The Balaban J connectivity index is 1.69. The van der Waals surface area contributed by atoms with Crippen molar-refractivity contribution in [1.82, 2.24) is 34.7 Å². The molecular weight excluding hydrogens is 456 g/mol. The van der Waals surface area contributed by atoms with Crippen molar-refractivity contribution in [3.63, 3.8) is 0 Å². The van der Waals surface area contributed by atoms with E-state index in [0.29, 0.717) is 29.0 Å². The molecule has 0 spiro atoms. The quantitative estimate of drug-likeness (QED) is 0.405. The predicted octanol–water partition coefficient (Wildman–Crippen LogP) is 2.56. The van der Waals surface area contributed by atoms with Gasteiger partial charge in [0.25, 0.3) is 0 Å². The molecule has 4 aromatic heterocycles. The van der Waals surface area contributed by atoms with Crippen LogP contribution in [0.1, 0.15) is 11.4 Å². The molecule has 4 rings (SSSR count). The lowest BCUT2D eigenvalue weighted by molar-refractivity contribution is 0.600. The highest BCUT2D eigenvalue weighted by atomic mass is 32.2. The number of sulfonamides is 1. The van der Waals surface area contributed by atoms with Crippen molar-refractivity contribution in [3.05, 3.63) is 54.6 Å². The first-order valence-corrected chi connectivity index (χ1v) is 12.0. The number of anilines is 5. The Labute approximate surface area is 197 Å². The van der Waals surface area contributed by atoms with Gasteiger partial charge in [0.1, 0.15) is 30.1 Å². The second-order valence-electron chi connectivity index (χ2n) is 7.67. The van der Waals surface area contributed by atoms with E-state index in [1.165, 1.54) is 24.0 Å². The number of hydrogen-bond acceptors (Lipinski definition) is 10. The normalized spacial score (nSPS) is 11.3. The minimum Gasteiger partial charge on any atom is -0.325 e. The lowest BCUT2D eigenvalue weighted by atomic mass is 10.1. The fourth-order valence-electron chi connectivity index (χ4n) is 3.17. The third kappa shape index (κ3) is 4.93. The molecule has 0 atom stereocenters. The number of nitrogens with zero attached hydrogens (tertiary/aromatic N) is 8. The van der Waals surface area contributed by atoms with E-state index in [-0.39, 0.29) is 0 Å². The molecule has 176 valence electrons. The van der Waals surface area contributed by atoms with Gasteiger partial charge >= 0.3 is 0 Å². The Kier molecular flexibility index (Phi) is 6.11. The first kappa shape index (κ1) is 23.0. The number of pyridine rings is 1. The second-order valence-corrected chi connectivity index (χ2v) is 9.69. The van der Waals surface area contributed by atoms with Gasteiger partial charge in [0, 0.05) is 54.9 Å². The van der Waals surface area contributed by atoms with Crippen molar-refractivity contribution in [2.45, 2.75) is 13.8 Å². The van der Waals surface area contributed by atoms with Crippen LogP contribution in [0.25, 0.3) is 11.1 Å². The molecule has 0 amide bonds. The van der Waals surface area contributed by atoms with E-state index < -0.39 is 10.0 Å². The second kappa shape index (κ2) is 9.02. The third-order valence-electron chi connectivity index (χ3n) is 5.22. The van der Waals surface area contributed by atoms with Gasteiger partial charge in [0.15, 0.2) is 5.82 Å². The zero-order valence-electron chi connectivity index (χ0n) is 19.3. The molecule has 0 aliphatic heterocycles. The average molecular weight is 481 g/mol. The summed E-state index contributed by atoms with van der Waals surface area (Å²) in [7, 11) is -0.238. The van der Waals surface area contributed by atoms with Gasteiger partial charge in [-0.05, 0) is 19.9 Å². The van der Waals surface area contributed by atoms with Crippen LogP contribution in [0.3, 0.4) is 0 Å². The number of nitrogens with one attached hydrogen (secondary N) is 2. The maximum atomic E-state index is 12.3. The third-order valence-corrected chi connectivity index (χ3v) is 6.42. The Morgan fingerprint density at radius 3 is 2.15 bits per heavy atom. The van der Waals surface area contributed by atoms with Gasteiger partial charge in [-0.3, -0.25) is 8.99 Å². The Morgan fingerprint density at radius 1 is 0.882 bits per heavy atom. The lowest BCUT2D eigenvalue weighted by Gasteiger charge is -2.21. The number of rotatable bonds is 7. The van der Waals surface area contributed by atoms with Gasteiger partial charge in [-0.1, -0.05) is 0 Å². The van der Waals surface area contributed by atoms with E-state index in [0.717, 1.165) is 28.8 Å². The molecular formula is C21H24N10O2S. The zero-order valence-corrected chi connectivity index (χ0v) is 20.2. The predicted molar refractivity (Wildman–Crippen MR) is 130 cm³/mol. The summed E-state index contributed by atoms with van der Waals surface area (Å²) in [5.41, 5.74) is 3.71. The van der Waals surface area contributed by atoms with Crippen LogP contribution in [0.2, 0.25) is 0 Å². The highest BCUT2D eigenvalue weighted by molar-refractivity contribution is 7.92. The fourth-order valence-corrected chi connectivity index (χ4v) is 3.66. The summed E-state index contributed by atoms with van der Waals surface area (Å²) in [6.45, 7) is 3.80. The molecule has 0 unspecified atom stereocenters. The smallest absolute Gasteiger partial charge is 0.232 e. The standard InChI is InChI=1S/C21H24N10O2S/c1-13-6-18(24-11-23-13)28-19-8-20(26-12-25-19)29-21-17(31(4)34(5,32)33)7-15(9-22-21)16-10-27-30(3)14(16)2/h6-12H,1-5H3,(H2,22,23,24,25,26,28,29). The Hall–Kier alpha value is -4.13. The molecule has 13 heteroatoms. The van der Waals surface area contributed by atoms with Crippen molar-refractivity contribution in [3.8, 4) is 11.1 Å². The van der Waals surface area contributed by atoms with Gasteiger partial charge in [-0.2, -0.15) is 5.10 Å². The van der Waals surface area contributed by atoms with E-state index in [4.69, 9.17) is 0 Å². The summed E-state index contributed by atoms with van der Waals surface area (Å²) in [5, 5.41) is 10.5. The summed E-state index contributed by atoms with van der Waals surface area (Å²) in [6, 6.07) is 5.21. The van der Waals surface area contributed by atoms with Crippen LogP contribution in [0.15, 0.2) is 43.2 Å². The van der Waals surface area contributed by atoms with E-state index in [9.17, 15) is 8.42 Å². The molecule has 34 heavy (non-hydrogen) atoms. The van der Waals surface area contributed by atoms with Crippen LogP contribution in [0.5, 0.6) is 0 Å². The molecule has 0 radical (unpaired) electrons. The summed E-state index contributed by atoms with van der Waals surface area (Å²) < 4.78 is 27.6. The number of aromatic nitrogens is 7. The maximum Gasteiger partial charge on any atom is 0.232 e. The number of hydrogen-bond donors (Lipinski definition) is 2. The highest BCUT2D eigenvalue weighted by Crippen LogP contribution is 2.33. The van der Waals surface area contributed by atoms with E-state index in [1.807, 2.05) is 20.9 Å². The Morgan fingerprint density at radius 2 is 1.53 bits per heavy atom. The Bertz CT molecular complexity index is 1450. The molecule has 0 aliphatic rings. The monoisotopic (exact) mass is 480 g/mol. The highest BCUT2D eigenvalue weighted by Gasteiger charge is 2.20. The van der Waals surface area contributed by atoms with Crippen molar-refractivity contribution in [2.24, 2.45) is 7.05 Å². The van der Waals surface area contributed by atoms with E-state index >= 15 is 0 Å². The molecule has 0 fully saturated rings. The molecule has 0 bridgehead atoms. The van der Waals surface area contributed by atoms with Crippen molar-refractivity contribution in [2.75, 3.05) is 28.2 Å². The maximum absolute atomic E-state index is 12.3. The zero-order chi connectivity index (χ0) is 24.5. The van der Waals surface area contributed by atoms with Crippen LogP contribution in [0, 0.1) is 13.8 Å². The molecule has 4 heterocycles. The SMILES string of the molecule is Cc1cc(Nc2cc(Nc3ncc(-c4cnn(C)c4C)cc3N(C)S(C)(=O)=O)ncn2)ncn1. The van der Waals surface area contributed by atoms with Crippen molar-refractivity contribution < 1.29 is 8.42 Å². The fraction of sp³-hybridized carbons (Fsp3) is 0.238. The lowest BCUT2D eigenvalue weighted by Crippen LogP contribution is -2.26. The number of aryl methyl sites for hydroxylation is 2. The van der Waals surface area contributed by atoms with Crippen LogP contribution < -0.4 is 14.9 Å². The largest absolute Gasteiger partial charge is 0.325 e. The summed E-state index contributed by atoms with van der Waals surface area (Å²) >= 11 is 0. The first-order valence-electron chi connectivity index (χ1n) is 10.2. The van der Waals surface area contributed by atoms with Crippen LogP contribution in [-0.4, -0.2) is 56.4 Å². The van der Waals surface area contributed by atoms with Crippen molar-refractivity contribution in [1.29, 1.82) is 0 Å². The summed E-state index contributed by atoms with van der Waals surface area (Å²) in [5.74, 6) is 1.82. The van der Waals surface area contributed by atoms with Gasteiger partial charge in [-0.15, -0.1) is 0 Å². The molecule has 4 aromatic rings. The van der Waals surface area contributed by atoms with E-state index in [2.05, 4.69) is 40.7 Å². The molecule has 0 saturated heterocycles. The van der Waals surface area contributed by atoms with Gasteiger partial charge in [0.2, 0.25) is 10.0 Å². The molecule has 12 nitrogen and oxygen atoms in total. The minimum absolute atomic E-state index is 0.320. The molecule has 2 N–H and O–H groups in total. The minimum atomic E-state index is -3.55.